The second-order valence-corrected chi connectivity index (χ2v) is 5.42. The molecule has 1 aromatic heterocycles. The highest BCUT2D eigenvalue weighted by Gasteiger charge is 2.02. The summed E-state index contributed by atoms with van der Waals surface area (Å²) in [5.74, 6) is 3.60. The van der Waals surface area contributed by atoms with Crippen LogP contribution in [0.2, 0.25) is 0 Å². The van der Waals surface area contributed by atoms with Crippen molar-refractivity contribution in [1.82, 2.24) is 5.32 Å². The average Bonchev–Trinajstić information content (AvgIpc) is 2.79. The molecule has 3 heteroatoms. The highest BCUT2D eigenvalue weighted by molar-refractivity contribution is 7.99. The largest absolute Gasteiger partial charge is 0.469 e. The molecule has 0 aromatic carbocycles. The molecule has 1 aromatic rings. The van der Waals surface area contributed by atoms with Crippen molar-refractivity contribution in [2.45, 2.75) is 39.2 Å². The number of nitrogens with one attached hydrogen (secondary N) is 1. The van der Waals surface area contributed by atoms with Gasteiger partial charge in [0.05, 0.1) is 6.26 Å². The Morgan fingerprint density at radius 2 is 2.38 bits per heavy atom. The first-order valence-electron chi connectivity index (χ1n) is 6.16. The maximum Gasteiger partial charge on any atom is 0.103 e. The van der Waals surface area contributed by atoms with Gasteiger partial charge in [-0.25, -0.2) is 0 Å². The molecule has 1 rings (SSSR count). The van der Waals surface area contributed by atoms with Crippen molar-refractivity contribution in [3.05, 3.63) is 24.2 Å². The van der Waals surface area contributed by atoms with Gasteiger partial charge in [0.15, 0.2) is 0 Å². The van der Waals surface area contributed by atoms with E-state index in [2.05, 4.69) is 19.2 Å². The first-order valence-corrected chi connectivity index (χ1v) is 7.32. The number of aryl methyl sites for hydroxylation is 1. The highest BCUT2D eigenvalue weighted by atomic mass is 32.2. The lowest BCUT2D eigenvalue weighted by molar-refractivity contribution is 0.461. The maximum absolute atomic E-state index is 5.31. The lowest BCUT2D eigenvalue weighted by atomic mass is 10.1. The molecule has 0 saturated carbocycles. The van der Waals surface area contributed by atoms with Crippen LogP contribution in [0, 0.1) is 0 Å². The summed E-state index contributed by atoms with van der Waals surface area (Å²) in [7, 11) is 0. The van der Waals surface area contributed by atoms with Gasteiger partial charge in [-0.15, -0.1) is 0 Å². The molecule has 16 heavy (non-hydrogen) atoms. The maximum atomic E-state index is 5.31. The van der Waals surface area contributed by atoms with E-state index in [1.165, 1.54) is 17.9 Å². The third-order valence-electron chi connectivity index (χ3n) is 2.57. The minimum absolute atomic E-state index is 0.580. The van der Waals surface area contributed by atoms with Gasteiger partial charge in [0.2, 0.25) is 0 Å². The van der Waals surface area contributed by atoms with Crippen LogP contribution in [-0.4, -0.2) is 24.1 Å². The number of furan rings is 1. The number of hydrogen-bond donors (Lipinski definition) is 1. The molecular formula is C13H23NOS. The van der Waals surface area contributed by atoms with E-state index in [1.54, 1.807) is 6.26 Å². The van der Waals surface area contributed by atoms with E-state index in [9.17, 15) is 0 Å². The summed E-state index contributed by atoms with van der Waals surface area (Å²) in [6.07, 6.45) is 5.19. The summed E-state index contributed by atoms with van der Waals surface area (Å²) in [4.78, 5) is 0. The zero-order valence-corrected chi connectivity index (χ0v) is 11.2. The van der Waals surface area contributed by atoms with Crippen molar-refractivity contribution in [1.29, 1.82) is 0 Å². The molecule has 1 N–H and O–H groups in total. The molecule has 0 amide bonds. The van der Waals surface area contributed by atoms with Crippen LogP contribution >= 0.6 is 11.8 Å². The number of thioether (sulfide) groups is 1. The normalized spacial score (nSPS) is 12.9. The monoisotopic (exact) mass is 241 g/mol. The van der Waals surface area contributed by atoms with Gasteiger partial charge in [0.25, 0.3) is 0 Å². The van der Waals surface area contributed by atoms with Crippen molar-refractivity contribution >= 4 is 11.8 Å². The molecule has 0 bridgehead atoms. The fourth-order valence-electron chi connectivity index (χ4n) is 1.58. The Morgan fingerprint density at radius 1 is 1.50 bits per heavy atom. The van der Waals surface area contributed by atoms with Gasteiger partial charge in [-0.05, 0) is 49.9 Å². The summed E-state index contributed by atoms with van der Waals surface area (Å²) in [5.41, 5.74) is 0. The molecule has 0 aliphatic heterocycles. The van der Waals surface area contributed by atoms with E-state index < -0.39 is 0 Å². The van der Waals surface area contributed by atoms with Crippen LogP contribution in [-0.2, 0) is 6.42 Å². The highest BCUT2D eigenvalue weighted by Crippen LogP contribution is 2.06. The standard InChI is InChI=1S/C13H23NOS/c1-3-16-11-5-9-14-12(2)7-8-13-6-4-10-15-13/h4,6,10,12,14H,3,5,7-9,11H2,1-2H3. The molecule has 0 saturated heterocycles. The van der Waals surface area contributed by atoms with E-state index in [4.69, 9.17) is 4.42 Å². The zero-order valence-electron chi connectivity index (χ0n) is 10.4. The number of rotatable bonds is 9. The lowest BCUT2D eigenvalue weighted by Gasteiger charge is -2.12. The summed E-state index contributed by atoms with van der Waals surface area (Å²) < 4.78 is 5.31. The Balaban J connectivity index is 1.96. The van der Waals surface area contributed by atoms with Gasteiger partial charge in [-0.3, -0.25) is 0 Å². The van der Waals surface area contributed by atoms with Crippen LogP contribution < -0.4 is 5.32 Å². The van der Waals surface area contributed by atoms with Crippen LogP contribution in [0.15, 0.2) is 22.8 Å². The SMILES string of the molecule is CCSCCCNC(C)CCc1ccco1. The lowest BCUT2D eigenvalue weighted by Crippen LogP contribution is -2.27. The molecule has 0 aliphatic carbocycles. The molecule has 1 heterocycles. The second kappa shape index (κ2) is 8.71. The van der Waals surface area contributed by atoms with Crippen LogP contribution in [0.3, 0.4) is 0 Å². The Bertz CT molecular complexity index is 248. The van der Waals surface area contributed by atoms with Crippen molar-refractivity contribution in [3.63, 3.8) is 0 Å². The Morgan fingerprint density at radius 3 is 3.06 bits per heavy atom. The second-order valence-electron chi connectivity index (χ2n) is 4.02. The van der Waals surface area contributed by atoms with E-state index in [-0.39, 0.29) is 0 Å². The smallest absolute Gasteiger partial charge is 0.103 e. The van der Waals surface area contributed by atoms with Crippen molar-refractivity contribution in [2.24, 2.45) is 0 Å². The van der Waals surface area contributed by atoms with Gasteiger partial charge in [-0.1, -0.05) is 6.92 Å². The molecule has 0 fully saturated rings. The van der Waals surface area contributed by atoms with E-state index >= 15 is 0 Å². The molecule has 1 unspecified atom stereocenters. The van der Waals surface area contributed by atoms with E-state index in [1.807, 2.05) is 23.9 Å². The summed E-state index contributed by atoms with van der Waals surface area (Å²) in [6, 6.07) is 4.58. The van der Waals surface area contributed by atoms with Crippen LogP contribution in [0.1, 0.15) is 32.4 Å². The van der Waals surface area contributed by atoms with Gasteiger partial charge in [0.1, 0.15) is 5.76 Å². The minimum Gasteiger partial charge on any atom is -0.469 e. The van der Waals surface area contributed by atoms with Crippen LogP contribution in [0.25, 0.3) is 0 Å². The van der Waals surface area contributed by atoms with Crippen molar-refractivity contribution in [2.75, 3.05) is 18.1 Å². The Kier molecular flexibility index (Phi) is 7.43. The quantitative estimate of drug-likeness (QED) is 0.671. The molecule has 0 radical (unpaired) electrons. The molecular weight excluding hydrogens is 218 g/mol. The Hall–Kier alpha value is -0.410. The molecule has 0 aliphatic rings. The topological polar surface area (TPSA) is 25.2 Å². The van der Waals surface area contributed by atoms with Crippen LogP contribution in [0.4, 0.5) is 0 Å². The van der Waals surface area contributed by atoms with Gasteiger partial charge in [-0.2, -0.15) is 11.8 Å². The first kappa shape index (κ1) is 13.7. The molecule has 2 nitrogen and oxygen atoms in total. The minimum atomic E-state index is 0.580. The van der Waals surface area contributed by atoms with Crippen molar-refractivity contribution in [3.8, 4) is 0 Å². The fraction of sp³-hybridized carbons (Fsp3) is 0.692. The van der Waals surface area contributed by atoms with Gasteiger partial charge < -0.3 is 9.73 Å². The summed E-state index contributed by atoms with van der Waals surface area (Å²) in [6.45, 7) is 5.59. The Labute approximate surface area is 103 Å². The van der Waals surface area contributed by atoms with Crippen LogP contribution in [0.5, 0.6) is 0 Å². The third-order valence-corrected chi connectivity index (χ3v) is 3.55. The predicted molar refractivity (Wildman–Crippen MR) is 72.1 cm³/mol. The molecule has 0 spiro atoms. The van der Waals surface area contributed by atoms with E-state index in [0.29, 0.717) is 6.04 Å². The van der Waals surface area contributed by atoms with E-state index in [0.717, 1.165) is 25.1 Å². The predicted octanol–water partition coefficient (Wildman–Crippen LogP) is 3.33. The van der Waals surface area contributed by atoms with Crippen molar-refractivity contribution < 1.29 is 4.42 Å². The van der Waals surface area contributed by atoms with Gasteiger partial charge >= 0.3 is 0 Å². The molecule has 92 valence electrons. The van der Waals surface area contributed by atoms with Gasteiger partial charge in [0, 0.05) is 12.5 Å². The summed E-state index contributed by atoms with van der Waals surface area (Å²) in [5, 5.41) is 3.55. The summed E-state index contributed by atoms with van der Waals surface area (Å²) >= 11 is 2.02. The first-order chi connectivity index (χ1) is 7.83. The fourth-order valence-corrected chi connectivity index (χ4v) is 2.22. The zero-order chi connectivity index (χ0) is 11.6. The number of hydrogen-bond acceptors (Lipinski definition) is 3. The average molecular weight is 241 g/mol. The molecule has 1 atom stereocenters. The third kappa shape index (κ3) is 6.23.